The van der Waals surface area contributed by atoms with E-state index in [-0.39, 0.29) is 0 Å². The van der Waals surface area contributed by atoms with Crippen LogP contribution < -0.4 is 9.46 Å². The third-order valence-electron chi connectivity index (χ3n) is 4.44. The van der Waals surface area contributed by atoms with Gasteiger partial charge in [-0.25, -0.2) is 8.42 Å². The number of fused-ring (bicyclic) bond motifs is 2. The first-order chi connectivity index (χ1) is 13.4. The molecule has 3 aromatic carbocycles. The summed E-state index contributed by atoms with van der Waals surface area (Å²) in [5.74, 6) is 0.650. The van der Waals surface area contributed by atoms with Gasteiger partial charge in [-0.1, -0.05) is 60.1 Å². The predicted octanol–water partition coefficient (Wildman–Crippen LogP) is 5.19. The molecule has 142 valence electrons. The molecule has 4 rings (SSSR count). The van der Waals surface area contributed by atoms with Crippen LogP contribution in [0.25, 0.3) is 11.6 Å². The molecule has 0 spiro atoms. The Balaban J connectivity index is 1.89. The van der Waals surface area contributed by atoms with Gasteiger partial charge in [-0.05, 0) is 46.5 Å². The summed E-state index contributed by atoms with van der Waals surface area (Å²) >= 11 is 6.39. The Bertz CT molecular complexity index is 1190. The molecule has 0 aromatic heterocycles. The highest BCUT2D eigenvalue weighted by Gasteiger charge is 2.20. The minimum absolute atomic E-state index is 0.430. The van der Waals surface area contributed by atoms with Crippen LogP contribution in [0.1, 0.15) is 22.3 Å². The molecule has 0 bridgehead atoms. The zero-order valence-corrected chi connectivity index (χ0v) is 16.7. The number of hydrogen-bond acceptors (Lipinski definition) is 3. The summed E-state index contributed by atoms with van der Waals surface area (Å²) in [4.78, 5) is 0. The summed E-state index contributed by atoms with van der Waals surface area (Å²) in [6.45, 7) is 0.430. The maximum Gasteiger partial charge on any atom is 0.229 e. The minimum atomic E-state index is -3.34. The Hall–Kier alpha value is -2.76. The van der Waals surface area contributed by atoms with Gasteiger partial charge >= 0.3 is 0 Å². The van der Waals surface area contributed by atoms with Crippen molar-refractivity contribution >= 4 is 39.0 Å². The number of anilines is 1. The molecule has 1 heterocycles. The van der Waals surface area contributed by atoms with Crippen molar-refractivity contribution < 1.29 is 13.2 Å². The number of hydrogen-bond donors (Lipinski definition) is 1. The Morgan fingerprint density at radius 2 is 1.75 bits per heavy atom. The van der Waals surface area contributed by atoms with Crippen molar-refractivity contribution in [3.05, 3.63) is 94.0 Å². The zero-order chi connectivity index (χ0) is 19.7. The van der Waals surface area contributed by atoms with Crippen molar-refractivity contribution in [3.8, 4) is 5.75 Å². The Morgan fingerprint density at radius 3 is 2.57 bits per heavy atom. The van der Waals surface area contributed by atoms with Crippen LogP contribution in [-0.4, -0.2) is 14.7 Å². The third-order valence-corrected chi connectivity index (χ3v) is 5.34. The van der Waals surface area contributed by atoms with E-state index in [0.717, 1.165) is 34.1 Å². The van der Waals surface area contributed by atoms with Crippen molar-refractivity contribution in [1.82, 2.24) is 0 Å². The van der Waals surface area contributed by atoms with Gasteiger partial charge in [-0.2, -0.15) is 0 Å². The van der Waals surface area contributed by atoms with Crippen LogP contribution in [0.2, 0.25) is 5.02 Å². The lowest BCUT2D eigenvalue weighted by molar-refractivity contribution is 0.307. The van der Waals surface area contributed by atoms with Gasteiger partial charge in [0.1, 0.15) is 12.4 Å². The summed E-state index contributed by atoms with van der Waals surface area (Å²) in [5.41, 5.74) is 5.38. The second kappa shape index (κ2) is 7.34. The lowest BCUT2D eigenvalue weighted by Crippen LogP contribution is -2.09. The lowest BCUT2D eigenvalue weighted by atomic mass is 9.92. The van der Waals surface area contributed by atoms with E-state index in [1.54, 1.807) is 12.1 Å². The first-order valence-electron chi connectivity index (χ1n) is 8.70. The maximum absolute atomic E-state index is 11.6. The molecule has 0 fully saturated rings. The number of benzene rings is 3. The molecule has 28 heavy (non-hydrogen) atoms. The summed E-state index contributed by atoms with van der Waals surface area (Å²) < 4.78 is 31.6. The van der Waals surface area contributed by atoms with E-state index in [4.69, 9.17) is 16.3 Å². The van der Waals surface area contributed by atoms with Gasteiger partial charge < -0.3 is 4.74 Å². The summed E-state index contributed by atoms with van der Waals surface area (Å²) in [7, 11) is -3.34. The van der Waals surface area contributed by atoms with E-state index in [1.807, 2.05) is 54.6 Å². The van der Waals surface area contributed by atoms with Crippen molar-refractivity contribution in [3.63, 3.8) is 0 Å². The molecule has 0 saturated carbocycles. The number of halogens is 1. The molecular formula is C22H18ClNO3S. The monoisotopic (exact) mass is 411 g/mol. The lowest BCUT2D eigenvalue weighted by Gasteiger charge is -2.12. The molecular weight excluding hydrogens is 394 g/mol. The average Bonchev–Trinajstić information content (AvgIpc) is 2.79. The van der Waals surface area contributed by atoms with Gasteiger partial charge in [-0.15, -0.1) is 0 Å². The molecule has 4 nitrogen and oxygen atoms in total. The molecule has 0 radical (unpaired) electrons. The van der Waals surface area contributed by atoms with Gasteiger partial charge in [0.25, 0.3) is 0 Å². The summed E-state index contributed by atoms with van der Waals surface area (Å²) in [5, 5.41) is 0.559. The van der Waals surface area contributed by atoms with E-state index in [1.165, 1.54) is 0 Å². The van der Waals surface area contributed by atoms with Gasteiger partial charge in [0.15, 0.2) is 0 Å². The smallest absolute Gasteiger partial charge is 0.229 e. The highest BCUT2D eigenvalue weighted by atomic mass is 35.5. The van der Waals surface area contributed by atoms with Crippen LogP contribution in [0, 0.1) is 0 Å². The molecule has 0 amide bonds. The number of sulfonamides is 1. The second-order valence-corrected chi connectivity index (χ2v) is 8.78. The third kappa shape index (κ3) is 3.91. The van der Waals surface area contributed by atoms with E-state index >= 15 is 0 Å². The van der Waals surface area contributed by atoms with E-state index < -0.39 is 10.0 Å². The SMILES string of the molecule is CS(=O)(=O)Nc1cccc(/C=C2\c3ccccc3COc3c(Cl)cccc32)c1. The van der Waals surface area contributed by atoms with Crippen molar-refractivity contribution in [2.45, 2.75) is 6.61 Å². The molecule has 1 aliphatic rings. The van der Waals surface area contributed by atoms with Crippen LogP contribution in [0.15, 0.2) is 66.7 Å². The van der Waals surface area contributed by atoms with Gasteiger partial charge in [0, 0.05) is 11.3 Å². The van der Waals surface area contributed by atoms with E-state index in [9.17, 15) is 8.42 Å². The zero-order valence-electron chi connectivity index (χ0n) is 15.1. The Labute approximate surface area is 169 Å². The molecule has 0 saturated heterocycles. The molecule has 3 aromatic rings. The standard InChI is InChI=1S/C22H18ClNO3S/c1-28(25,26)24-17-8-4-6-15(12-17)13-20-18-9-3-2-7-16(18)14-27-22-19(20)10-5-11-21(22)23/h2-13,24H,14H2,1H3/b20-13+. The molecule has 1 N–H and O–H groups in total. The second-order valence-electron chi connectivity index (χ2n) is 6.62. The topological polar surface area (TPSA) is 55.4 Å². The van der Waals surface area contributed by atoms with E-state index in [2.05, 4.69) is 10.8 Å². The number of nitrogens with one attached hydrogen (secondary N) is 1. The van der Waals surface area contributed by atoms with Crippen LogP contribution in [0.5, 0.6) is 5.75 Å². The van der Waals surface area contributed by atoms with Crippen molar-refractivity contribution in [2.75, 3.05) is 11.0 Å². The Kier molecular flexibility index (Phi) is 4.87. The predicted molar refractivity (Wildman–Crippen MR) is 114 cm³/mol. The summed E-state index contributed by atoms with van der Waals surface area (Å²) in [6, 6.07) is 21.0. The number of para-hydroxylation sites is 1. The van der Waals surface area contributed by atoms with Crippen LogP contribution in [0.4, 0.5) is 5.69 Å². The van der Waals surface area contributed by atoms with Gasteiger partial charge in [0.2, 0.25) is 10.0 Å². The van der Waals surface area contributed by atoms with E-state index in [0.29, 0.717) is 23.1 Å². The summed E-state index contributed by atoms with van der Waals surface area (Å²) in [6.07, 6.45) is 3.16. The minimum Gasteiger partial charge on any atom is -0.487 e. The average molecular weight is 412 g/mol. The fourth-order valence-corrected chi connectivity index (χ4v) is 4.08. The normalized spacial score (nSPS) is 14.6. The van der Waals surface area contributed by atoms with Crippen LogP contribution in [0.3, 0.4) is 0 Å². The van der Waals surface area contributed by atoms with Crippen molar-refractivity contribution in [2.24, 2.45) is 0 Å². The molecule has 0 unspecified atom stereocenters. The highest BCUT2D eigenvalue weighted by Crippen LogP contribution is 2.41. The molecule has 6 heteroatoms. The number of rotatable bonds is 3. The largest absolute Gasteiger partial charge is 0.487 e. The quantitative estimate of drug-likeness (QED) is 0.645. The fraction of sp³-hybridized carbons (Fsp3) is 0.0909. The van der Waals surface area contributed by atoms with Crippen LogP contribution >= 0.6 is 11.6 Å². The number of ether oxygens (including phenoxy) is 1. The van der Waals surface area contributed by atoms with Gasteiger partial charge in [-0.3, -0.25) is 4.72 Å². The van der Waals surface area contributed by atoms with Crippen LogP contribution in [-0.2, 0) is 16.6 Å². The molecule has 1 aliphatic heterocycles. The highest BCUT2D eigenvalue weighted by molar-refractivity contribution is 7.92. The molecule has 0 atom stereocenters. The first kappa shape index (κ1) is 18.6. The van der Waals surface area contributed by atoms with Crippen molar-refractivity contribution in [1.29, 1.82) is 0 Å². The maximum atomic E-state index is 11.6. The van der Waals surface area contributed by atoms with Gasteiger partial charge in [0.05, 0.1) is 11.3 Å². The fourth-order valence-electron chi connectivity index (χ4n) is 3.30. The first-order valence-corrected chi connectivity index (χ1v) is 11.0. The Morgan fingerprint density at radius 1 is 1.00 bits per heavy atom. The molecule has 0 aliphatic carbocycles.